The van der Waals surface area contributed by atoms with Crippen molar-refractivity contribution in [3.8, 4) is 11.5 Å². The molecule has 0 radical (unpaired) electrons. The number of carbonyl (C=O) groups excluding carboxylic acids is 1. The van der Waals surface area contributed by atoms with Crippen LogP contribution in [-0.2, 0) is 0 Å². The Balaban J connectivity index is 0.00000220. The topological polar surface area (TPSA) is 77.2 Å². The third-order valence-corrected chi connectivity index (χ3v) is 2.78. The van der Waals surface area contributed by atoms with Gasteiger partial charge in [0.2, 0.25) is 0 Å². The van der Waals surface area contributed by atoms with Crippen LogP contribution >= 0.6 is 24.0 Å². The number of pyridine rings is 1. The first-order valence-corrected chi connectivity index (χ1v) is 6.46. The van der Waals surface area contributed by atoms with Crippen LogP contribution in [0.15, 0.2) is 42.6 Å². The van der Waals surface area contributed by atoms with Crippen LogP contribution in [0.2, 0.25) is 5.02 Å². The van der Waals surface area contributed by atoms with Gasteiger partial charge in [-0.25, -0.2) is 4.98 Å². The Morgan fingerprint density at radius 3 is 2.67 bits per heavy atom. The molecule has 2 aromatic rings. The van der Waals surface area contributed by atoms with E-state index in [0.29, 0.717) is 29.6 Å². The second kappa shape index (κ2) is 8.46. The highest BCUT2D eigenvalue weighted by Gasteiger charge is 2.14. The molecule has 1 aromatic heterocycles. The molecule has 1 heterocycles. The van der Waals surface area contributed by atoms with Crippen molar-refractivity contribution in [2.75, 3.05) is 13.1 Å². The minimum Gasteiger partial charge on any atom is -0.453 e. The summed E-state index contributed by atoms with van der Waals surface area (Å²) < 4.78 is 5.65. The van der Waals surface area contributed by atoms with Crippen LogP contribution in [0.25, 0.3) is 0 Å². The van der Waals surface area contributed by atoms with Gasteiger partial charge in [0.25, 0.3) is 5.91 Å². The van der Waals surface area contributed by atoms with Crippen LogP contribution in [0.5, 0.6) is 11.5 Å². The van der Waals surface area contributed by atoms with Gasteiger partial charge < -0.3 is 15.8 Å². The minimum absolute atomic E-state index is 0. The lowest BCUT2D eigenvalue weighted by Crippen LogP contribution is -2.29. The normalized spacial score (nSPS) is 9.62. The standard InChI is InChI=1S/C14H14ClN3O2.ClH/c15-10-4-1-2-5-11(10)20-12-6-3-8-17-13(12)14(19)18-9-7-16;/h1-6,8H,7,9,16H2,(H,18,19);1H. The van der Waals surface area contributed by atoms with E-state index in [1.54, 1.807) is 36.4 Å². The molecule has 0 bridgehead atoms. The van der Waals surface area contributed by atoms with E-state index in [2.05, 4.69) is 10.3 Å². The first kappa shape index (κ1) is 17.2. The number of hydrogen-bond acceptors (Lipinski definition) is 4. The molecule has 1 amide bonds. The Hall–Kier alpha value is -1.82. The number of carbonyl (C=O) groups is 1. The first-order chi connectivity index (χ1) is 9.72. The third-order valence-electron chi connectivity index (χ3n) is 2.47. The van der Waals surface area contributed by atoms with Crippen molar-refractivity contribution in [2.24, 2.45) is 5.73 Å². The van der Waals surface area contributed by atoms with Gasteiger partial charge in [-0.1, -0.05) is 23.7 Å². The molecule has 0 atom stereocenters. The average Bonchev–Trinajstić information content (AvgIpc) is 2.48. The van der Waals surface area contributed by atoms with Crippen LogP contribution in [-0.4, -0.2) is 24.0 Å². The number of nitrogens with zero attached hydrogens (tertiary/aromatic N) is 1. The summed E-state index contributed by atoms with van der Waals surface area (Å²) in [7, 11) is 0. The highest BCUT2D eigenvalue weighted by molar-refractivity contribution is 6.32. The summed E-state index contributed by atoms with van der Waals surface area (Å²) in [5, 5.41) is 3.11. The maximum Gasteiger partial charge on any atom is 0.273 e. The number of rotatable bonds is 5. The van der Waals surface area contributed by atoms with Gasteiger partial charge in [-0.05, 0) is 24.3 Å². The molecular weight excluding hydrogens is 313 g/mol. The summed E-state index contributed by atoms with van der Waals surface area (Å²) in [6.07, 6.45) is 1.52. The van der Waals surface area contributed by atoms with Crippen LogP contribution in [0, 0.1) is 0 Å². The second-order valence-electron chi connectivity index (χ2n) is 3.93. The fourth-order valence-electron chi connectivity index (χ4n) is 1.56. The fourth-order valence-corrected chi connectivity index (χ4v) is 1.73. The molecule has 0 saturated heterocycles. The molecule has 0 spiro atoms. The van der Waals surface area contributed by atoms with E-state index in [-0.39, 0.29) is 24.0 Å². The van der Waals surface area contributed by atoms with Gasteiger partial charge in [0.15, 0.2) is 11.4 Å². The van der Waals surface area contributed by atoms with Crippen molar-refractivity contribution < 1.29 is 9.53 Å². The zero-order valence-electron chi connectivity index (χ0n) is 11.1. The monoisotopic (exact) mass is 327 g/mol. The molecule has 0 fully saturated rings. The predicted molar refractivity (Wildman–Crippen MR) is 84.4 cm³/mol. The number of para-hydroxylation sites is 1. The minimum atomic E-state index is -0.335. The molecular formula is C14H15Cl2N3O2. The van der Waals surface area contributed by atoms with Crippen LogP contribution in [0.4, 0.5) is 0 Å². The lowest BCUT2D eigenvalue weighted by atomic mass is 10.3. The molecule has 7 heteroatoms. The van der Waals surface area contributed by atoms with Crippen LogP contribution in [0.3, 0.4) is 0 Å². The SMILES string of the molecule is Cl.NCCNC(=O)c1ncccc1Oc1ccccc1Cl. The maximum atomic E-state index is 12.0. The van der Waals surface area contributed by atoms with Gasteiger partial charge in [-0.2, -0.15) is 0 Å². The quantitative estimate of drug-likeness (QED) is 0.884. The number of amides is 1. The van der Waals surface area contributed by atoms with Gasteiger partial charge in [-0.3, -0.25) is 4.79 Å². The highest BCUT2D eigenvalue weighted by Crippen LogP contribution is 2.29. The Kier molecular flexibility index (Phi) is 6.94. The smallest absolute Gasteiger partial charge is 0.273 e. The van der Waals surface area contributed by atoms with Crippen LogP contribution < -0.4 is 15.8 Å². The van der Waals surface area contributed by atoms with Gasteiger partial charge in [0.1, 0.15) is 5.75 Å². The van der Waals surface area contributed by atoms with Crippen molar-refractivity contribution in [1.29, 1.82) is 0 Å². The van der Waals surface area contributed by atoms with E-state index in [9.17, 15) is 4.79 Å². The number of hydrogen-bond donors (Lipinski definition) is 2. The third kappa shape index (κ3) is 4.60. The van der Waals surface area contributed by atoms with Crippen molar-refractivity contribution in [2.45, 2.75) is 0 Å². The number of benzene rings is 1. The summed E-state index contributed by atoms with van der Waals surface area (Å²) in [5.41, 5.74) is 5.55. The van der Waals surface area contributed by atoms with E-state index in [0.717, 1.165) is 0 Å². The number of ether oxygens (including phenoxy) is 1. The first-order valence-electron chi connectivity index (χ1n) is 6.08. The molecule has 1 aromatic carbocycles. The lowest BCUT2D eigenvalue weighted by Gasteiger charge is -2.11. The van der Waals surface area contributed by atoms with Crippen molar-refractivity contribution in [3.63, 3.8) is 0 Å². The molecule has 5 nitrogen and oxygen atoms in total. The summed E-state index contributed by atoms with van der Waals surface area (Å²) >= 11 is 6.03. The molecule has 112 valence electrons. The molecule has 0 aliphatic heterocycles. The highest BCUT2D eigenvalue weighted by atomic mass is 35.5. The largest absolute Gasteiger partial charge is 0.453 e. The lowest BCUT2D eigenvalue weighted by molar-refractivity contribution is 0.0947. The Labute approximate surface area is 133 Å². The summed E-state index contributed by atoms with van der Waals surface area (Å²) in [5.74, 6) is 0.475. The molecule has 21 heavy (non-hydrogen) atoms. The molecule has 0 saturated carbocycles. The Morgan fingerprint density at radius 1 is 1.24 bits per heavy atom. The van der Waals surface area contributed by atoms with Gasteiger partial charge in [0.05, 0.1) is 5.02 Å². The summed E-state index contributed by atoms with van der Waals surface area (Å²) in [6, 6.07) is 10.4. The van der Waals surface area contributed by atoms with Gasteiger partial charge >= 0.3 is 0 Å². The van der Waals surface area contributed by atoms with Crippen molar-refractivity contribution in [3.05, 3.63) is 53.3 Å². The van der Waals surface area contributed by atoms with Crippen LogP contribution in [0.1, 0.15) is 10.5 Å². The molecule has 0 aliphatic rings. The van der Waals surface area contributed by atoms with Crippen molar-refractivity contribution in [1.82, 2.24) is 10.3 Å². The maximum absolute atomic E-state index is 12.0. The van der Waals surface area contributed by atoms with E-state index in [1.807, 2.05) is 0 Å². The van der Waals surface area contributed by atoms with Crippen molar-refractivity contribution >= 4 is 29.9 Å². The van der Waals surface area contributed by atoms with E-state index < -0.39 is 0 Å². The van der Waals surface area contributed by atoms with E-state index in [4.69, 9.17) is 22.1 Å². The molecule has 2 rings (SSSR count). The number of halogens is 2. The number of nitrogens with two attached hydrogens (primary N) is 1. The Bertz CT molecular complexity index is 608. The Morgan fingerprint density at radius 2 is 1.95 bits per heavy atom. The summed E-state index contributed by atoms with van der Waals surface area (Å²) in [6.45, 7) is 0.736. The van der Waals surface area contributed by atoms with E-state index >= 15 is 0 Å². The zero-order chi connectivity index (χ0) is 14.4. The number of nitrogens with one attached hydrogen (secondary N) is 1. The van der Waals surface area contributed by atoms with Gasteiger partial charge in [-0.15, -0.1) is 12.4 Å². The average molecular weight is 328 g/mol. The second-order valence-corrected chi connectivity index (χ2v) is 4.33. The molecule has 0 aliphatic carbocycles. The predicted octanol–water partition coefficient (Wildman–Crippen LogP) is 2.64. The molecule has 0 unspecified atom stereocenters. The summed E-state index contributed by atoms with van der Waals surface area (Å²) in [4.78, 5) is 16.0. The molecule has 3 N–H and O–H groups in total. The number of aromatic nitrogens is 1. The van der Waals surface area contributed by atoms with E-state index in [1.165, 1.54) is 6.20 Å². The fraction of sp³-hybridized carbons (Fsp3) is 0.143. The zero-order valence-corrected chi connectivity index (χ0v) is 12.7. The van der Waals surface area contributed by atoms with Gasteiger partial charge in [0, 0.05) is 19.3 Å².